The van der Waals surface area contributed by atoms with Crippen LogP contribution in [0.4, 0.5) is 13.2 Å². The Balaban J connectivity index is 2.24. The van der Waals surface area contributed by atoms with Crippen molar-refractivity contribution in [2.24, 2.45) is 0 Å². The Kier molecular flexibility index (Phi) is 5.39. The van der Waals surface area contributed by atoms with Gasteiger partial charge in [-0.25, -0.2) is 13.2 Å². The first-order valence-electron chi connectivity index (χ1n) is 7.75. The summed E-state index contributed by atoms with van der Waals surface area (Å²) in [5.74, 6) is -0.892. The number of carbonyl (C=O) groups is 1. The van der Waals surface area contributed by atoms with Gasteiger partial charge in [-0.15, -0.1) is 0 Å². The number of amides is 1. The third kappa shape index (κ3) is 3.93. The maximum Gasteiger partial charge on any atom is 0.494 e. The number of alkyl halides is 3. The molecule has 2 rings (SSSR count). The number of hydrogen-bond acceptors (Lipinski definition) is 4. The van der Waals surface area contributed by atoms with Gasteiger partial charge >= 0.3 is 7.12 Å². The molecule has 0 spiro atoms. The van der Waals surface area contributed by atoms with Gasteiger partial charge in [0.2, 0.25) is 6.30 Å². The van der Waals surface area contributed by atoms with E-state index in [0.29, 0.717) is 5.46 Å². The Morgan fingerprint density at radius 2 is 1.72 bits per heavy atom. The molecule has 1 heterocycles. The lowest BCUT2D eigenvalue weighted by atomic mass is 9.78. The summed E-state index contributed by atoms with van der Waals surface area (Å²) in [5, 5.41) is 1.59. The lowest BCUT2D eigenvalue weighted by Crippen LogP contribution is -2.41. The predicted octanol–water partition coefficient (Wildman–Crippen LogP) is 2.28. The van der Waals surface area contributed by atoms with Crippen LogP contribution in [-0.4, -0.2) is 44.1 Å². The molecule has 1 aromatic carbocycles. The van der Waals surface area contributed by atoms with Crippen LogP contribution in [0.3, 0.4) is 0 Å². The molecule has 1 fully saturated rings. The first-order chi connectivity index (χ1) is 11.5. The highest BCUT2D eigenvalue weighted by Gasteiger charge is 2.51. The van der Waals surface area contributed by atoms with E-state index >= 15 is 0 Å². The third-order valence-corrected chi connectivity index (χ3v) is 4.49. The molecule has 1 atom stereocenters. The first-order valence-corrected chi connectivity index (χ1v) is 7.75. The topological polar surface area (TPSA) is 56.8 Å². The maximum absolute atomic E-state index is 13.0. The predicted molar refractivity (Wildman–Crippen MR) is 87.1 cm³/mol. The van der Waals surface area contributed by atoms with Gasteiger partial charge in [0.25, 0.3) is 12.3 Å². The summed E-state index contributed by atoms with van der Waals surface area (Å²) >= 11 is 0. The lowest BCUT2D eigenvalue weighted by molar-refractivity contribution is 0.00578. The van der Waals surface area contributed by atoms with E-state index in [0.717, 1.165) is 0 Å². The van der Waals surface area contributed by atoms with Crippen LogP contribution < -0.4 is 15.5 Å². The minimum absolute atomic E-state index is 0.0638. The van der Waals surface area contributed by atoms with Gasteiger partial charge in [0, 0.05) is 0 Å². The van der Waals surface area contributed by atoms with Gasteiger partial charge in [-0.3, -0.25) is 4.79 Å². The average Bonchev–Trinajstić information content (AvgIpc) is 2.74. The maximum atomic E-state index is 13.0. The standard InChI is InChI=1S/C16H21BF3NO4/c1-15(2)16(3,4)25-17(24-15)9-6-7-10(11(8-9)23-5)14(22)21-13(20)12(18)19/h6-8,12-13H,1-5H3,(H,21,22). The van der Waals surface area contributed by atoms with Crippen molar-refractivity contribution < 1.29 is 32.0 Å². The Labute approximate surface area is 145 Å². The fourth-order valence-corrected chi connectivity index (χ4v) is 2.29. The number of nitrogens with one attached hydrogen (secondary N) is 1. The molecule has 1 aromatic rings. The van der Waals surface area contributed by atoms with Crippen molar-refractivity contribution in [1.29, 1.82) is 0 Å². The van der Waals surface area contributed by atoms with Crippen LogP contribution in [-0.2, 0) is 9.31 Å². The SMILES string of the molecule is COc1cc(B2OC(C)(C)C(C)(C)O2)ccc1C(=O)NC(F)C(F)F. The highest BCUT2D eigenvalue weighted by atomic mass is 19.3. The summed E-state index contributed by atoms with van der Waals surface area (Å²) < 4.78 is 54.5. The molecule has 1 N–H and O–H groups in total. The van der Waals surface area contributed by atoms with Crippen LogP contribution in [0.1, 0.15) is 38.1 Å². The molecule has 0 bridgehead atoms. The molecular formula is C16H21BF3NO4. The number of rotatable bonds is 5. The smallest absolute Gasteiger partial charge is 0.494 e. The normalized spacial score (nSPS) is 19.8. The molecule has 1 unspecified atom stereocenters. The second kappa shape index (κ2) is 6.88. The van der Waals surface area contributed by atoms with Gasteiger partial charge in [-0.05, 0) is 45.3 Å². The molecule has 138 valence electrons. The van der Waals surface area contributed by atoms with Gasteiger partial charge in [0.1, 0.15) is 5.75 Å². The number of ether oxygens (including phenoxy) is 1. The molecule has 0 saturated carbocycles. The van der Waals surface area contributed by atoms with E-state index in [9.17, 15) is 18.0 Å². The van der Waals surface area contributed by atoms with E-state index in [4.69, 9.17) is 14.0 Å². The molecule has 0 radical (unpaired) electrons. The summed E-state index contributed by atoms with van der Waals surface area (Å²) in [6.45, 7) is 7.60. The third-order valence-electron chi connectivity index (χ3n) is 4.49. The quantitative estimate of drug-likeness (QED) is 0.648. The van der Waals surface area contributed by atoms with Gasteiger partial charge in [0.05, 0.1) is 23.9 Å². The largest absolute Gasteiger partial charge is 0.496 e. The summed E-state index contributed by atoms with van der Waals surface area (Å²) in [6.07, 6.45) is -6.06. The zero-order valence-corrected chi connectivity index (χ0v) is 14.7. The van der Waals surface area contributed by atoms with E-state index in [2.05, 4.69) is 0 Å². The summed E-state index contributed by atoms with van der Waals surface area (Å²) in [4.78, 5) is 12.0. The summed E-state index contributed by atoms with van der Waals surface area (Å²) in [7, 11) is 0.645. The van der Waals surface area contributed by atoms with Gasteiger partial charge in [-0.1, -0.05) is 6.07 Å². The molecule has 25 heavy (non-hydrogen) atoms. The fraction of sp³-hybridized carbons (Fsp3) is 0.562. The average molecular weight is 359 g/mol. The minimum atomic E-state index is -3.31. The van der Waals surface area contributed by atoms with Gasteiger partial charge in [0.15, 0.2) is 0 Å². The molecule has 1 amide bonds. The van der Waals surface area contributed by atoms with E-state index < -0.39 is 36.9 Å². The van der Waals surface area contributed by atoms with Crippen molar-refractivity contribution >= 4 is 18.5 Å². The molecular weight excluding hydrogens is 338 g/mol. The highest BCUT2D eigenvalue weighted by molar-refractivity contribution is 6.62. The number of benzene rings is 1. The number of carbonyl (C=O) groups excluding carboxylic acids is 1. The monoisotopic (exact) mass is 359 g/mol. The molecule has 0 aromatic heterocycles. The number of methoxy groups -OCH3 is 1. The van der Waals surface area contributed by atoms with Crippen LogP contribution in [0.15, 0.2) is 18.2 Å². The van der Waals surface area contributed by atoms with Crippen LogP contribution in [0.2, 0.25) is 0 Å². The van der Waals surface area contributed by atoms with Crippen molar-refractivity contribution in [3.63, 3.8) is 0 Å². The van der Waals surface area contributed by atoms with E-state index in [-0.39, 0.29) is 11.3 Å². The molecule has 9 heteroatoms. The fourth-order valence-electron chi connectivity index (χ4n) is 2.29. The number of hydrogen-bond donors (Lipinski definition) is 1. The van der Waals surface area contributed by atoms with Crippen molar-refractivity contribution in [3.05, 3.63) is 23.8 Å². The van der Waals surface area contributed by atoms with E-state index in [1.165, 1.54) is 19.2 Å². The van der Waals surface area contributed by atoms with E-state index in [1.807, 2.05) is 27.7 Å². The summed E-state index contributed by atoms with van der Waals surface area (Å²) in [5.41, 5.74) is -0.553. The Bertz CT molecular complexity index is 638. The first kappa shape index (κ1) is 19.6. The summed E-state index contributed by atoms with van der Waals surface area (Å²) in [6, 6.07) is 4.41. The molecule has 1 aliphatic rings. The second-order valence-corrected chi connectivity index (χ2v) is 6.76. The van der Waals surface area contributed by atoms with Crippen LogP contribution in [0, 0.1) is 0 Å². The number of halogens is 3. The zero-order valence-electron chi connectivity index (χ0n) is 14.7. The second-order valence-electron chi connectivity index (χ2n) is 6.76. The molecule has 1 saturated heterocycles. The van der Waals surface area contributed by atoms with Crippen molar-refractivity contribution in [3.8, 4) is 5.75 Å². The van der Waals surface area contributed by atoms with Crippen molar-refractivity contribution in [1.82, 2.24) is 5.32 Å². The zero-order chi connectivity index (χ0) is 19.0. The van der Waals surface area contributed by atoms with Crippen LogP contribution >= 0.6 is 0 Å². The molecule has 1 aliphatic heterocycles. The Hall–Kier alpha value is -1.74. The minimum Gasteiger partial charge on any atom is -0.496 e. The van der Waals surface area contributed by atoms with E-state index in [1.54, 1.807) is 11.4 Å². The van der Waals surface area contributed by atoms with Gasteiger partial charge in [-0.2, -0.15) is 0 Å². The van der Waals surface area contributed by atoms with Crippen molar-refractivity contribution in [2.75, 3.05) is 7.11 Å². The van der Waals surface area contributed by atoms with Crippen LogP contribution in [0.25, 0.3) is 0 Å². The van der Waals surface area contributed by atoms with Crippen molar-refractivity contribution in [2.45, 2.75) is 51.6 Å². The lowest BCUT2D eigenvalue weighted by Gasteiger charge is -2.32. The van der Waals surface area contributed by atoms with Gasteiger partial charge < -0.3 is 19.4 Å². The van der Waals surface area contributed by atoms with Crippen LogP contribution in [0.5, 0.6) is 5.75 Å². The Morgan fingerprint density at radius 3 is 2.20 bits per heavy atom. The highest BCUT2D eigenvalue weighted by Crippen LogP contribution is 2.36. The molecule has 5 nitrogen and oxygen atoms in total. The molecule has 0 aliphatic carbocycles. The Morgan fingerprint density at radius 1 is 1.16 bits per heavy atom.